The summed E-state index contributed by atoms with van der Waals surface area (Å²) in [5.74, 6) is 1.31. The standard InChI is InChI=1S/C21H34N4O3/c1-2-22-21(23-11-7-17-27-18-8-4-3-5-9-18)25-14-12-24(13-15-25)20(26)19-10-6-16-28-19/h6,10,16,18H,2-5,7-9,11-15,17H2,1H3,(H,22,23). The van der Waals surface area contributed by atoms with Crippen molar-refractivity contribution in [3.63, 3.8) is 0 Å². The van der Waals surface area contributed by atoms with Gasteiger partial charge >= 0.3 is 0 Å². The number of hydrogen-bond acceptors (Lipinski definition) is 4. The predicted octanol–water partition coefficient (Wildman–Crippen LogP) is 2.74. The van der Waals surface area contributed by atoms with Gasteiger partial charge in [0.1, 0.15) is 0 Å². The minimum absolute atomic E-state index is 0.0357. The molecule has 1 N–H and O–H groups in total. The third kappa shape index (κ3) is 5.99. The number of furan rings is 1. The Morgan fingerprint density at radius 3 is 2.64 bits per heavy atom. The molecule has 1 amide bonds. The minimum atomic E-state index is -0.0357. The van der Waals surface area contributed by atoms with E-state index in [4.69, 9.17) is 14.1 Å². The lowest BCUT2D eigenvalue weighted by Crippen LogP contribution is -2.53. The molecule has 0 spiro atoms. The van der Waals surface area contributed by atoms with E-state index in [1.54, 1.807) is 12.1 Å². The van der Waals surface area contributed by atoms with Crippen LogP contribution < -0.4 is 5.32 Å². The van der Waals surface area contributed by atoms with Crippen molar-refractivity contribution < 1.29 is 13.9 Å². The summed E-state index contributed by atoms with van der Waals surface area (Å²) in [5.41, 5.74) is 0. The lowest BCUT2D eigenvalue weighted by molar-refractivity contribution is 0.0280. The van der Waals surface area contributed by atoms with Crippen LogP contribution in [0.4, 0.5) is 0 Å². The highest BCUT2D eigenvalue weighted by Gasteiger charge is 2.25. The van der Waals surface area contributed by atoms with Gasteiger partial charge in [-0.25, -0.2) is 0 Å². The molecule has 2 aliphatic rings. The first-order valence-corrected chi connectivity index (χ1v) is 10.8. The molecule has 28 heavy (non-hydrogen) atoms. The zero-order valence-corrected chi connectivity index (χ0v) is 17.1. The maximum atomic E-state index is 12.4. The Labute approximate surface area is 168 Å². The molecule has 7 nitrogen and oxygen atoms in total. The number of guanidine groups is 1. The molecule has 0 radical (unpaired) electrons. The van der Waals surface area contributed by atoms with E-state index in [9.17, 15) is 4.79 Å². The fraction of sp³-hybridized carbons (Fsp3) is 0.714. The maximum Gasteiger partial charge on any atom is 0.289 e. The zero-order chi connectivity index (χ0) is 19.6. The van der Waals surface area contributed by atoms with Crippen LogP contribution in [-0.4, -0.2) is 73.6 Å². The Morgan fingerprint density at radius 2 is 1.96 bits per heavy atom. The Hall–Kier alpha value is -2.02. The van der Waals surface area contributed by atoms with Gasteiger partial charge in [-0.15, -0.1) is 0 Å². The topological polar surface area (TPSA) is 70.3 Å². The monoisotopic (exact) mass is 390 g/mol. The lowest BCUT2D eigenvalue weighted by atomic mass is 9.98. The van der Waals surface area contributed by atoms with Crippen LogP contribution in [0.3, 0.4) is 0 Å². The number of aliphatic imine (C=N–C) groups is 1. The molecule has 2 heterocycles. The Balaban J connectivity index is 1.40. The number of carbonyl (C=O) groups is 1. The number of carbonyl (C=O) groups excluding carboxylic acids is 1. The molecule has 0 unspecified atom stereocenters. The SMILES string of the molecule is CCNC(=NCCCOC1CCCCC1)N1CCN(C(=O)c2ccco2)CC1. The van der Waals surface area contributed by atoms with Crippen LogP contribution in [-0.2, 0) is 4.74 Å². The first kappa shape index (κ1) is 20.7. The summed E-state index contributed by atoms with van der Waals surface area (Å²) in [6, 6.07) is 3.47. The highest BCUT2D eigenvalue weighted by atomic mass is 16.5. The van der Waals surface area contributed by atoms with Crippen molar-refractivity contribution >= 4 is 11.9 Å². The maximum absolute atomic E-state index is 12.4. The molecule has 1 aliphatic heterocycles. The molecule has 7 heteroatoms. The number of amides is 1. The molecule has 0 bridgehead atoms. The summed E-state index contributed by atoms with van der Waals surface area (Å²) in [6.07, 6.45) is 9.35. The van der Waals surface area contributed by atoms with Gasteiger partial charge in [0.15, 0.2) is 11.7 Å². The average Bonchev–Trinajstić information content (AvgIpc) is 3.28. The fourth-order valence-electron chi connectivity index (χ4n) is 3.83. The summed E-state index contributed by atoms with van der Waals surface area (Å²) >= 11 is 0. The summed E-state index contributed by atoms with van der Waals surface area (Å²) in [6.45, 7) is 7.37. The molecule has 0 atom stereocenters. The van der Waals surface area contributed by atoms with Crippen LogP contribution in [0.5, 0.6) is 0 Å². The van der Waals surface area contributed by atoms with E-state index in [0.29, 0.717) is 25.0 Å². The molecule has 1 aromatic rings. The number of nitrogens with one attached hydrogen (secondary N) is 1. The van der Waals surface area contributed by atoms with Crippen molar-refractivity contribution in [2.24, 2.45) is 4.99 Å². The third-order valence-corrected chi connectivity index (χ3v) is 5.40. The summed E-state index contributed by atoms with van der Waals surface area (Å²) in [5, 5.41) is 3.38. The largest absolute Gasteiger partial charge is 0.459 e. The van der Waals surface area contributed by atoms with Gasteiger partial charge in [0, 0.05) is 45.9 Å². The minimum Gasteiger partial charge on any atom is -0.459 e. The second-order valence-electron chi connectivity index (χ2n) is 7.48. The number of hydrogen-bond donors (Lipinski definition) is 1. The van der Waals surface area contributed by atoms with Crippen LogP contribution in [0.1, 0.15) is 56.0 Å². The van der Waals surface area contributed by atoms with Crippen molar-refractivity contribution in [2.45, 2.75) is 51.6 Å². The molecular formula is C21H34N4O3. The molecule has 156 valence electrons. The van der Waals surface area contributed by atoms with Crippen molar-refractivity contribution in [1.29, 1.82) is 0 Å². The van der Waals surface area contributed by atoms with Crippen molar-refractivity contribution in [3.8, 4) is 0 Å². The molecule has 2 fully saturated rings. The summed E-state index contributed by atoms with van der Waals surface area (Å²) < 4.78 is 11.2. The quantitative estimate of drug-likeness (QED) is 0.440. The number of ether oxygens (including phenoxy) is 1. The third-order valence-electron chi connectivity index (χ3n) is 5.40. The first-order chi connectivity index (χ1) is 13.8. The van der Waals surface area contributed by atoms with Crippen molar-refractivity contribution in [2.75, 3.05) is 45.9 Å². The van der Waals surface area contributed by atoms with Crippen LogP contribution >= 0.6 is 0 Å². The van der Waals surface area contributed by atoms with Gasteiger partial charge in [-0.2, -0.15) is 0 Å². The van der Waals surface area contributed by atoms with E-state index in [2.05, 4.69) is 17.1 Å². The van der Waals surface area contributed by atoms with Gasteiger partial charge < -0.3 is 24.3 Å². The summed E-state index contributed by atoms with van der Waals surface area (Å²) in [7, 11) is 0. The van der Waals surface area contributed by atoms with Crippen molar-refractivity contribution in [1.82, 2.24) is 15.1 Å². The van der Waals surface area contributed by atoms with Gasteiger partial charge in [-0.3, -0.25) is 9.79 Å². The van der Waals surface area contributed by atoms with Gasteiger partial charge in [-0.1, -0.05) is 19.3 Å². The second kappa shape index (κ2) is 11.1. The molecule has 1 saturated carbocycles. The predicted molar refractivity (Wildman–Crippen MR) is 110 cm³/mol. The Kier molecular flexibility index (Phi) is 8.21. The Bertz CT molecular complexity index is 603. The lowest BCUT2D eigenvalue weighted by Gasteiger charge is -2.36. The second-order valence-corrected chi connectivity index (χ2v) is 7.48. The molecule has 1 saturated heterocycles. The smallest absolute Gasteiger partial charge is 0.289 e. The van der Waals surface area contributed by atoms with Crippen LogP contribution in [0, 0.1) is 0 Å². The van der Waals surface area contributed by atoms with E-state index in [1.807, 2.05) is 4.90 Å². The van der Waals surface area contributed by atoms with E-state index in [0.717, 1.165) is 45.2 Å². The van der Waals surface area contributed by atoms with E-state index >= 15 is 0 Å². The molecular weight excluding hydrogens is 356 g/mol. The van der Waals surface area contributed by atoms with E-state index < -0.39 is 0 Å². The van der Waals surface area contributed by atoms with Crippen LogP contribution in [0.2, 0.25) is 0 Å². The van der Waals surface area contributed by atoms with Crippen LogP contribution in [0.25, 0.3) is 0 Å². The van der Waals surface area contributed by atoms with Gasteiger partial charge in [0.25, 0.3) is 5.91 Å². The molecule has 3 rings (SSSR count). The normalized spacial score (nSPS) is 19.1. The highest BCUT2D eigenvalue weighted by molar-refractivity contribution is 5.91. The number of piperazine rings is 1. The van der Waals surface area contributed by atoms with Gasteiger partial charge in [-0.05, 0) is 38.3 Å². The molecule has 0 aromatic carbocycles. The van der Waals surface area contributed by atoms with Gasteiger partial charge in [0.05, 0.1) is 12.4 Å². The van der Waals surface area contributed by atoms with Gasteiger partial charge in [0.2, 0.25) is 0 Å². The first-order valence-electron chi connectivity index (χ1n) is 10.8. The zero-order valence-electron chi connectivity index (χ0n) is 17.1. The number of rotatable bonds is 7. The van der Waals surface area contributed by atoms with E-state index in [-0.39, 0.29) is 5.91 Å². The average molecular weight is 391 g/mol. The highest BCUT2D eigenvalue weighted by Crippen LogP contribution is 2.20. The van der Waals surface area contributed by atoms with Crippen LogP contribution in [0.15, 0.2) is 27.8 Å². The molecule has 1 aliphatic carbocycles. The Morgan fingerprint density at radius 1 is 1.21 bits per heavy atom. The van der Waals surface area contributed by atoms with Crippen molar-refractivity contribution in [3.05, 3.63) is 24.2 Å². The fourth-order valence-corrected chi connectivity index (χ4v) is 3.83. The van der Waals surface area contributed by atoms with E-state index in [1.165, 1.54) is 38.4 Å². The molecule has 1 aromatic heterocycles. The number of nitrogens with zero attached hydrogens (tertiary/aromatic N) is 3. The summed E-state index contributed by atoms with van der Waals surface area (Å²) in [4.78, 5) is 21.2.